The average molecular weight is 625 g/mol. The fraction of sp³-hybridized carbons (Fsp3) is 0.355. The molecule has 4 atom stereocenters. The number of primary amides is 1. The van der Waals surface area contributed by atoms with Crippen LogP contribution in [0.5, 0.6) is 11.5 Å². The molecule has 13 nitrogen and oxygen atoms in total. The van der Waals surface area contributed by atoms with Crippen molar-refractivity contribution >= 4 is 35.0 Å². The van der Waals surface area contributed by atoms with Crippen molar-refractivity contribution in [3.63, 3.8) is 0 Å². The molecule has 0 aliphatic heterocycles. The molecule has 2 unspecified atom stereocenters. The molecule has 7 N–H and O–H groups in total. The summed E-state index contributed by atoms with van der Waals surface area (Å²) in [5.74, 6) is -7.91. The summed E-state index contributed by atoms with van der Waals surface area (Å²) in [5, 5.41) is 48.2. The predicted octanol–water partition coefficient (Wildman–Crippen LogP) is 1.46. The van der Waals surface area contributed by atoms with Crippen molar-refractivity contribution in [1.29, 1.82) is 0 Å². The van der Waals surface area contributed by atoms with Gasteiger partial charge in [-0.3, -0.25) is 19.3 Å². The van der Waals surface area contributed by atoms with Gasteiger partial charge in [-0.15, -0.1) is 0 Å². The molecular weight excluding hydrogens is 591 g/mol. The van der Waals surface area contributed by atoms with Gasteiger partial charge in [0.15, 0.2) is 11.4 Å². The van der Waals surface area contributed by atoms with Gasteiger partial charge in [-0.25, -0.2) is 9.18 Å². The van der Waals surface area contributed by atoms with Crippen LogP contribution < -0.4 is 20.7 Å². The molecule has 1 saturated carbocycles. The lowest BCUT2D eigenvalue weighted by molar-refractivity contribution is -0.153. The molecule has 0 aromatic heterocycles. The molecule has 2 aromatic carbocycles. The van der Waals surface area contributed by atoms with Crippen LogP contribution in [0.2, 0.25) is 0 Å². The van der Waals surface area contributed by atoms with Crippen LogP contribution in [-0.4, -0.2) is 88.7 Å². The summed E-state index contributed by atoms with van der Waals surface area (Å²) < 4.78 is 18.3. The highest BCUT2D eigenvalue weighted by Crippen LogP contribution is 2.54. The molecule has 45 heavy (non-hydrogen) atoms. The number of nitrogens with one attached hydrogen (secondary N) is 1. The van der Waals surface area contributed by atoms with Crippen molar-refractivity contribution in [2.75, 3.05) is 33.1 Å². The van der Waals surface area contributed by atoms with E-state index in [-0.39, 0.29) is 41.8 Å². The minimum atomic E-state index is -2.76. The van der Waals surface area contributed by atoms with Crippen LogP contribution in [0.15, 0.2) is 47.2 Å². The Bertz CT molecular complexity index is 1700. The van der Waals surface area contributed by atoms with Crippen LogP contribution in [-0.2, 0) is 27.3 Å². The number of rotatable bonds is 6. The first-order valence-electron chi connectivity index (χ1n) is 14.0. The first-order chi connectivity index (χ1) is 21.1. The number of aliphatic hydroxyl groups excluding tert-OH is 2. The number of amides is 2. The maximum atomic E-state index is 14.1. The second-order valence-corrected chi connectivity index (χ2v) is 11.8. The Morgan fingerprint density at radius 2 is 1.76 bits per heavy atom. The lowest BCUT2D eigenvalue weighted by Gasteiger charge is -2.50. The van der Waals surface area contributed by atoms with Gasteiger partial charge >= 0.3 is 6.09 Å². The van der Waals surface area contributed by atoms with Crippen LogP contribution in [0.4, 0.5) is 14.9 Å². The van der Waals surface area contributed by atoms with Gasteiger partial charge in [-0.05, 0) is 68.8 Å². The smallest absolute Gasteiger partial charge is 0.412 e. The van der Waals surface area contributed by atoms with E-state index in [4.69, 9.17) is 10.5 Å². The third-order valence-corrected chi connectivity index (χ3v) is 8.71. The number of aromatic hydroxyl groups is 1. The van der Waals surface area contributed by atoms with E-state index < -0.39 is 75.7 Å². The Labute approximate surface area is 257 Å². The summed E-state index contributed by atoms with van der Waals surface area (Å²) in [4.78, 5) is 55.1. The Balaban J connectivity index is 1.57. The second kappa shape index (κ2) is 11.2. The van der Waals surface area contributed by atoms with Crippen molar-refractivity contribution in [2.24, 2.45) is 17.6 Å². The van der Waals surface area contributed by atoms with Crippen molar-refractivity contribution in [1.82, 2.24) is 10.2 Å². The molecule has 238 valence electrons. The van der Waals surface area contributed by atoms with Crippen molar-refractivity contribution in [2.45, 2.75) is 31.0 Å². The van der Waals surface area contributed by atoms with E-state index in [1.807, 2.05) is 0 Å². The van der Waals surface area contributed by atoms with Gasteiger partial charge in [0.1, 0.15) is 34.4 Å². The minimum absolute atomic E-state index is 0.0437. The summed E-state index contributed by atoms with van der Waals surface area (Å²) in [6.45, 7) is -0.274. The molecule has 2 aromatic rings. The maximum Gasteiger partial charge on any atom is 0.412 e. The fourth-order valence-electron chi connectivity index (χ4n) is 6.69. The number of anilines is 1. The molecule has 2 amide bonds. The van der Waals surface area contributed by atoms with Crippen molar-refractivity contribution < 1.29 is 48.7 Å². The van der Waals surface area contributed by atoms with E-state index in [9.17, 15) is 44.0 Å². The van der Waals surface area contributed by atoms with E-state index in [1.54, 1.807) is 25.1 Å². The van der Waals surface area contributed by atoms with E-state index in [1.165, 1.54) is 31.1 Å². The van der Waals surface area contributed by atoms with E-state index in [0.29, 0.717) is 11.3 Å². The number of nitrogens with zero attached hydrogens (tertiary/aromatic N) is 2. The Morgan fingerprint density at radius 1 is 1.11 bits per heavy atom. The van der Waals surface area contributed by atoms with Gasteiger partial charge in [0.05, 0.1) is 11.6 Å². The standard InChI is InChI=1S/C31H33FN4O9/c1-35(2)19-11-14(12-34-30(43)45-16-7-5-15(32)6-8-16)24(37)21-17(19)9-13-10-18-23(36(3)4)26(39)22(29(33)42)28(41)31(18,44)27(40)20(13)25(21)38/h5-8,11,13,18,23,37-38,41,44H,9-10,12H2,1-4H3,(H2,33,42)(H,34,43)/t13?,18?,23-,31-/m0/s1. The number of hydrogen-bond acceptors (Lipinski definition) is 11. The number of phenols is 1. The Kier molecular flexibility index (Phi) is 7.83. The lowest BCUT2D eigenvalue weighted by atomic mass is 9.57. The lowest BCUT2D eigenvalue weighted by Crippen LogP contribution is -2.65. The van der Waals surface area contributed by atoms with E-state index in [2.05, 4.69) is 5.32 Å². The van der Waals surface area contributed by atoms with Gasteiger partial charge in [0, 0.05) is 43.4 Å². The monoisotopic (exact) mass is 624 g/mol. The Hall–Kier alpha value is -4.95. The third kappa shape index (κ3) is 4.95. The van der Waals surface area contributed by atoms with Crippen LogP contribution >= 0.6 is 0 Å². The highest BCUT2D eigenvalue weighted by molar-refractivity contribution is 6.24. The van der Waals surface area contributed by atoms with E-state index in [0.717, 1.165) is 12.1 Å². The van der Waals surface area contributed by atoms with Crippen LogP contribution in [0.1, 0.15) is 23.1 Å². The number of fused-ring (bicyclic) bond motifs is 3. The number of likely N-dealkylation sites (N-methyl/N-ethyl adjacent to an activating group) is 1. The maximum absolute atomic E-state index is 14.1. The zero-order valence-electron chi connectivity index (χ0n) is 24.9. The van der Waals surface area contributed by atoms with Crippen molar-refractivity contribution in [3.05, 3.63) is 69.7 Å². The number of ketones is 2. The SMILES string of the molecule is CN(C)c1cc(CNC(=O)Oc2ccc(F)cc2)c(O)c2c1CC1CC3[C@H](N(C)C)C(=O)C(C(N)=O)=C(O)[C@@]3(O)C(=O)C1=C2O. The molecule has 3 aliphatic carbocycles. The number of phenolic OH excluding ortho intramolecular Hbond substituents is 1. The summed E-state index contributed by atoms with van der Waals surface area (Å²) >= 11 is 0. The molecule has 3 aliphatic rings. The quantitative estimate of drug-likeness (QED) is 0.254. The summed E-state index contributed by atoms with van der Waals surface area (Å²) in [6.07, 6.45) is -0.841. The first kappa shape index (κ1) is 31.5. The third-order valence-electron chi connectivity index (χ3n) is 8.71. The summed E-state index contributed by atoms with van der Waals surface area (Å²) in [6, 6.07) is 5.17. The minimum Gasteiger partial charge on any atom is -0.508 e. The van der Waals surface area contributed by atoms with Gasteiger partial charge in [0.2, 0.25) is 5.78 Å². The normalized spacial score (nSPS) is 24.2. The van der Waals surface area contributed by atoms with Crippen LogP contribution in [0.25, 0.3) is 5.76 Å². The summed E-state index contributed by atoms with van der Waals surface area (Å²) in [7, 11) is 6.51. The highest BCUT2D eigenvalue weighted by Gasteiger charge is 2.64. The zero-order valence-corrected chi connectivity index (χ0v) is 24.9. The molecule has 14 heteroatoms. The topological polar surface area (TPSA) is 203 Å². The average Bonchev–Trinajstić information content (AvgIpc) is 2.95. The van der Waals surface area contributed by atoms with Gasteiger partial charge < -0.3 is 41.1 Å². The number of Topliss-reactive ketones (excluding diaryl/α,β-unsaturated/α-hetero) is 2. The number of nitrogens with two attached hydrogens (primary N) is 1. The predicted molar refractivity (Wildman–Crippen MR) is 158 cm³/mol. The van der Waals surface area contributed by atoms with Gasteiger partial charge in [-0.1, -0.05) is 0 Å². The number of benzene rings is 2. The molecule has 0 spiro atoms. The van der Waals surface area contributed by atoms with Crippen LogP contribution in [0, 0.1) is 17.7 Å². The number of hydrogen-bond donors (Lipinski definition) is 6. The van der Waals surface area contributed by atoms with Gasteiger partial charge in [0.25, 0.3) is 5.91 Å². The first-order valence-corrected chi connectivity index (χ1v) is 14.0. The molecule has 5 rings (SSSR count). The number of carbonyl (C=O) groups excluding carboxylic acids is 4. The van der Waals surface area contributed by atoms with Crippen molar-refractivity contribution in [3.8, 4) is 11.5 Å². The fourth-order valence-corrected chi connectivity index (χ4v) is 6.69. The largest absolute Gasteiger partial charge is 0.508 e. The molecule has 0 bridgehead atoms. The number of halogens is 1. The molecule has 0 radical (unpaired) electrons. The summed E-state index contributed by atoms with van der Waals surface area (Å²) in [5.41, 5.74) is 2.49. The van der Waals surface area contributed by atoms with E-state index >= 15 is 0 Å². The molecular formula is C31H33FN4O9. The molecule has 1 fully saturated rings. The number of aliphatic hydroxyl groups is 3. The highest BCUT2D eigenvalue weighted by atomic mass is 19.1. The Morgan fingerprint density at radius 3 is 2.33 bits per heavy atom. The van der Waals surface area contributed by atoms with Gasteiger partial charge in [-0.2, -0.15) is 0 Å². The molecule has 0 saturated heterocycles. The molecule has 0 heterocycles. The zero-order chi connectivity index (χ0) is 33.1. The van der Waals surface area contributed by atoms with Crippen LogP contribution in [0.3, 0.4) is 0 Å². The number of ether oxygens (including phenoxy) is 1. The second-order valence-electron chi connectivity index (χ2n) is 11.8. The number of carbonyl (C=O) groups is 4.